The number of rotatable bonds is 7. The van der Waals surface area contributed by atoms with Crippen LogP contribution in [-0.2, 0) is 14.3 Å². The summed E-state index contributed by atoms with van der Waals surface area (Å²) < 4.78 is 5.44. The Morgan fingerprint density at radius 1 is 1.03 bits per heavy atom. The molecule has 0 bridgehead atoms. The van der Waals surface area contributed by atoms with Crippen LogP contribution in [0.1, 0.15) is 30.0 Å². The molecule has 4 rings (SSSR count). The van der Waals surface area contributed by atoms with Crippen LogP contribution in [0.3, 0.4) is 0 Å². The molecule has 1 atom stereocenters. The average Bonchev–Trinajstić information content (AvgIpc) is 3.25. The molecule has 2 heterocycles. The Labute approximate surface area is 183 Å². The van der Waals surface area contributed by atoms with Crippen LogP contribution in [0, 0.1) is 0 Å². The molecule has 0 aliphatic carbocycles. The van der Waals surface area contributed by atoms with Gasteiger partial charge in [-0.05, 0) is 35.8 Å². The van der Waals surface area contributed by atoms with Gasteiger partial charge in [-0.15, -0.1) is 0 Å². The maximum absolute atomic E-state index is 12.7. The molecule has 2 aliphatic heterocycles. The fraction of sp³-hybridized carbons (Fsp3) is 0.360. The number of carbonyl (C=O) groups excluding carboxylic acids is 2. The molecular formula is C25H29N3O3. The first-order valence-electron chi connectivity index (χ1n) is 10.9. The van der Waals surface area contributed by atoms with E-state index in [1.54, 1.807) is 6.08 Å². The number of hydrogen-bond acceptors (Lipinski definition) is 4. The summed E-state index contributed by atoms with van der Waals surface area (Å²) in [6.07, 6.45) is 4.91. The standard InChI is InChI=1S/C25H29N3O3/c29-24(13-10-20-8-11-22(12-9-20)28-14-4-7-25(28)30)26-23(21-5-2-1-3-6-21)19-27-15-17-31-18-16-27/h1-3,5-6,8-13,23H,4,7,14-19H2,(H,26,29)/b13-10+. The summed E-state index contributed by atoms with van der Waals surface area (Å²) in [6.45, 7) is 4.75. The molecule has 6 nitrogen and oxygen atoms in total. The maximum Gasteiger partial charge on any atom is 0.244 e. The molecular weight excluding hydrogens is 390 g/mol. The van der Waals surface area contributed by atoms with Gasteiger partial charge in [0.25, 0.3) is 0 Å². The van der Waals surface area contributed by atoms with Gasteiger partial charge in [0.15, 0.2) is 0 Å². The fourth-order valence-corrected chi connectivity index (χ4v) is 4.04. The Balaban J connectivity index is 1.38. The smallest absolute Gasteiger partial charge is 0.244 e. The van der Waals surface area contributed by atoms with Crippen molar-refractivity contribution in [2.75, 3.05) is 44.3 Å². The molecule has 2 aromatic rings. The lowest BCUT2D eigenvalue weighted by atomic mass is 10.1. The summed E-state index contributed by atoms with van der Waals surface area (Å²) in [5.74, 6) is 0.0517. The molecule has 6 heteroatoms. The van der Waals surface area contributed by atoms with E-state index < -0.39 is 0 Å². The Morgan fingerprint density at radius 2 is 1.77 bits per heavy atom. The van der Waals surface area contributed by atoms with Gasteiger partial charge in [-0.3, -0.25) is 14.5 Å². The van der Waals surface area contributed by atoms with Crippen LogP contribution in [0.5, 0.6) is 0 Å². The number of hydrogen-bond donors (Lipinski definition) is 1. The van der Waals surface area contributed by atoms with Gasteiger partial charge < -0.3 is 15.0 Å². The van der Waals surface area contributed by atoms with Gasteiger partial charge in [0.05, 0.1) is 19.3 Å². The van der Waals surface area contributed by atoms with Crippen LogP contribution in [0.15, 0.2) is 60.7 Å². The topological polar surface area (TPSA) is 61.9 Å². The van der Waals surface area contributed by atoms with Gasteiger partial charge >= 0.3 is 0 Å². The number of nitrogens with zero attached hydrogens (tertiary/aromatic N) is 2. The second kappa shape index (κ2) is 10.4. The second-order valence-electron chi connectivity index (χ2n) is 7.96. The molecule has 1 N–H and O–H groups in total. The zero-order chi connectivity index (χ0) is 21.5. The van der Waals surface area contributed by atoms with Crippen molar-refractivity contribution in [2.24, 2.45) is 0 Å². The summed E-state index contributed by atoms with van der Waals surface area (Å²) in [5.41, 5.74) is 2.93. The maximum atomic E-state index is 12.7. The van der Waals surface area contributed by atoms with E-state index in [4.69, 9.17) is 4.74 Å². The number of morpholine rings is 1. The van der Waals surface area contributed by atoms with Gasteiger partial charge in [0.1, 0.15) is 0 Å². The fourth-order valence-electron chi connectivity index (χ4n) is 4.04. The van der Waals surface area contributed by atoms with E-state index >= 15 is 0 Å². The molecule has 0 spiro atoms. The van der Waals surface area contributed by atoms with Gasteiger partial charge in [-0.1, -0.05) is 42.5 Å². The highest BCUT2D eigenvalue weighted by Gasteiger charge is 2.21. The van der Waals surface area contributed by atoms with E-state index in [0.29, 0.717) is 6.42 Å². The minimum absolute atomic E-state index is 0.0833. The van der Waals surface area contributed by atoms with Crippen molar-refractivity contribution in [1.29, 1.82) is 0 Å². The highest BCUT2D eigenvalue weighted by Crippen LogP contribution is 2.22. The Morgan fingerprint density at radius 3 is 2.45 bits per heavy atom. The van der Waals surface area contributed by atoms with E-state index in [9.17, 15) is 9.59 Å². The lowest BCUT2D eigenvalue weighted by molar-refractivity contribution is -0.118. The molecule has 2 aromatic carbocycles. The number of anilines is 1. The molecule has 2 amide bonds. The van der Waals surface area contributed by atoms with Crippen LogP contribution in [0.4, 0.5) is 5.69 Å². The highest BCUT2D eigenvalue weighted by atomic mass is 16.5. The number of ether oxygens (including phenoxy) is 1. The zero-order valence-electron chi connectivity index (χ0n) is 17.7. The third-order valence-electron chi connectivity index (χ3n) is 5.77. The zero-order valence-corrected chi connectivity index (χ0v) is 17.7. The molecule has 2 saturated heterocycles. The van der Waals surface area contributed by atoms with Crippen molar-refractivity contribution in [3.63, 3.8) is 0 Å². The third kappa shape index (κ3) is 5.81. The second-order valence-corrected chi connectivity index (χ2v) is 7.96. The van der Waals surface area contributed by atoms with E-state index in [0.717, 1.165) is 62.6 Å². The monoisotopic (exact) mass is 419 g/mol. The normalized spacial score (nSPS) is 18.5. The first-order chi connectivity index (χ1) is 15.2. The number of benzene rings is 2. The molecule has 0 radical (unpaired) electrons. The van der Waals surface area contributed by atoms with Crippen LogP contribution < -0.4 is 10.2 Å². The van der Waals surface area contributed by atoms with Crippen molar-refractivity contribution in [1.82, 2.24) is 10.2 Å². The quantitative estimate of drug-likeness (QED) is 0.701. The molecule has 2 fully saturated rings. The summed E-state index contributed by atoms with van der Waals surface area (Å²) in [5, 5.41) is 3.15. The Kier molecular flexibility index (Phi) is 7.12. The molecule has 0 aromatic heterocycles. The summed E-state index contributed by atoms with van der Waals surface area (Å²) in [6, 6.07) is 17.7. The van der Waals surface area contributed by atoms with Crippen molar-refractivity contribution < 1.29 is 14.3 Å². The number of amides is 2. The third-order valence-corrected chi connectivity index (χ3v) is 5.77. The number of carbonyl (C=O) groups is 2. The van der Waals surface area contributed by atoms with E-state index in [1.165, 1.54) is 0 Å². The molecule has 162 valence electrons. The van der Waals surface area contributed by atoms with Crippen LogP contribution in [0.25, 0.3) is 6.08 Å². The van der Waals surface area contributed by atoms with E-state index in [1.807, 2.05) is 65.6 Å². The van der Waals surface area contributed by atoms with Crippen molar-refractivity contribution >= 4 is 23.6 Å². The van der Waals surface area contributed by atoms with E-state index in [-0.39, 0.29) is 17.9 Å². The highest BCUT2D eigenvalue weighted by molar-refractivity contribution is 5.95. The van der Waals surface area contributed by atoms with Gasteiger partial charge in [-0.25, -0.2) is 0 Å². The lowest BCUT2D eigenvalue weighted by Crippen LogP contribution is -2.42. The Hall–Kier alpha value is -2.96. The Bertz CT molecular complexity index is 905. The van der Waals surface area contributed by atoms with Crippen molar-refractivity contribution in [2.45, 2.75) is 18.9 Å². The SMILES string of the molecule is O=C(/C=C/c1ccc(N2CCCC2=O)cc1)NC(CN1CCOCC1)c1ccccc1. The summed E-state index contributed by atoms with van der Waals surface area (Å²) in [4.78, 5) is 28.7. The van der Waals surface area contributed by atoms with Crippen molar-refractivity contribution in [3.8, 4) is 0 Å². The molecule has 0 saturated carbocycles. The molecule has 1 unspecified atom stereocenters. The average molecular weight is 420 g/mol. The largest absolute Gasteiger partial charge is 0.379 e. The summed E-state index contributed by atoms with van der Waals surface area (Å²) >= 11 is 0. The van der Waals surface area contributed by atoms with Crippen LogP contribution >= 0.6 is 0 Å². The predicted molar refractivity (Wildman–Crippen MR) is 122 cm³/mol. The van der Waals surface area contributed by atoms with Crippen LogP contribution in [-0.4, -0.2) is 56.1 Å². The minimum atomic E-state index is -0.124. The first-order valence-corrected chi connectivity index (χ1v) is 10.9. The number of nitrogens with one attached hydrogen (secondary N) is 1. The first kappa shape index (κ1) is 21.3. The minimum Gasteiger partial charge on any atom is -0.379 e. The van der Waals surface area contributed by atoms with Crippen LogP contribution in [0.2, 0.25) is 0 Å². The van der Waals surface area contributed by atoms with Gasteiger partial charge in [-0.2, -0.15) is 0 Å². The molecule has 31 heavy (non-hydrogen) atoms. The molecule has 2 aliphatic rings. The van der Waals surface area contributed by atoms with Gasteiger partial charge in [0.2, 0.25) is 11.8 Å². The lowest BCUT2D eigenvalue weighted by Gasteiger charge is -2.31. The van der Waals surface area contributed by atoms with Gasteiger partial charge in [0, 0.05) is 44.4 Å². The van der Waals surface area contributed by atoms with E-state index in [2.05, 4.69) is 10.2 Å². The summed E-state index contributed by atoms with van der Waals surface area (Å²) in [7, 11) is 0. The van der Waals surface area contributed by atoms with Crippen molar-refractivity contribution in [3.05, 3.63) is 71.8 Å². The predicted octanol–water partition coefficient (Wildman–Crippen LogP) is 3.02.